The molecule has 1 rings (SSSR count). The van der Waals surface area contributed by atoms with Gasteiger partial charge in [-0.1, -0.05) is 0 Å². The average Bonchev–Trinajstić information content (AvgIpc) is 2.18. The highest BCUT2D eigenvalue weighted by molar-refractivity contribution is 5.67. The van der Waals surface area contributed by atoms with Gasteiger partial charge in [0.15, 0.2) is 0 Å². The Morgan fingerprint density at radius 1 is 1.38 bits per heavy atom. The molecule has 1 amide bonds. The summed E-state index contributed by atoms with van der Waals surface area (Å²) in [6.07, 6.45) is -0.189. The SMILES string of the molecule is [CH2]CN1CCN(C(=O)OCC)CC1. The Labute approximate surface area is 79.4 Å². The van der Waals surface area contributed by atoms with Crippen LogP contribution in [-0.4, -0.2) is 55.2 Å². The van der Waals surface area contributed by atoms with E-state index in [1.54, 1.807) is 4.90 Å². The molecule has 1 saturated heterocycles. The maximum atomic E-state index is 11.3. The lowest BCUT2D eigenvalue weighted by Gasteiger charge is -2.33. The molecule has 0 aromatic heterocycles. The zero-order valence-corrected chi connectivity index (χ0v) is 8.16. The van der Waals surface area contributed by atoms with Gasteiger partial charge in [0.05, 0.1) is 6.61 Å². The Morgan fingerprint density at radius 3 is 2.46 bits per heavy atom. The topological polar surface area (TPSA) is 32.8 Å². The van der Waals surface area contributed by atoms with Crippen LogP contribution in [0.5, 0.6) is 0 Å². The Balaban J connectivity index is 2.28. The highest BCUT2D eigenvalue weighted by Gasteiger charge is 2.20. The molecule has 0 saturated carbocycles. The van der Waals surface area contributed by atoms with Gasteiger partial charge in [0.1, 0.15) is 0 Å². The smallest absolute Gasteiger partial charge is 0.409 e. The summed E-state index contributed by atoms with van der Waals surface area (Å²) in [7, 11) is 0. The van der Waals surface area contributed by atoms with Gasteiger partial charge in [-0.05, 0) is 20.4 Å². The normalized spacial score (nSPS) is 18.8. The van der Waals surface area contributed by atoms with Gasteiger partial charge in [0, 0.05) is 26.2 Å². The summed E-state index contributed by atoms with van der Waals surface area (Å²) >= 11 is 0. The van der Waals surface area contributed by atoms with E-state index in [0.717, 1.165) is 32.7 Å². The fourth-order valence-corrected chi connectivity index (χ4v) is 1.37. The highest BCUT2D eigenvalue weighted by atomic mass is 16.6. The number of nitrogens with zero attached hydrogens (tertiary/aromatic N) is 2. The standard InChI is InChI=1S/C9H17N2O2/c1-3-10-5-7-11(8-6-10)9(12)13-4-2/h1,3-8H2,2H3. The summed E-state index contributed by atoms with van der Waals surface area (Å²) in [6, 6.07) is 0. The maximum absolute atomic E-state index is 11.3. The molecule has 0 aromatic rings. The molecule has 1 aliphatic rings. The fourth-order valence-electron chi connectivity index (χ4n) is 1.37. The number of hydrogen-bond acceptors (Lipinski definition) is 3. The maximum Gasteiger partial charge on any atom is 0.409 e. The summed E-state index contributed by atoms with van der Waals surface area (Å²) in [6.45, 7) is 10.2. The van der Waals surface area contributed by atoms with E-state index in [9.17, 15) is 4.79 Å². The molecule has 0 unspecified atom stereocenters. The zero-order valence-electron chi connectivity index (χ0n) is 8.16. The lowest BCUT2D eigenvalue weighted by molar-refractivity contribution is 0.0824. The Bertz CT molecular complexity index is 165. The van der Waals surface area contributed by atoms with E-state index in [-0.39, 0.29) is 6.09 Å². The second-order valence-corrected chi connectivity index (χ2v) is 3.03. The van der Waals surface area contributed by atoms with Crippen molar-refractivity contribution in [3.8, 4) is 0 Å². The van der Waals surface area contributed by atoms with Crippen LogP contribution in [0.15, 0.2) is 0 Å². The van der Waals surface area contributed by atoms with Crippen molar-refractivity contribution in [3.63, 3.8) is 0 Å². The van der Waals surface area contributed by atoms with Crippen LogP contribution in [0.3, 0.4) is 0 Å². The molecule has 75 valence electrons. The second kappa shape index (κ2) is 5.07. The first-order chi connectivity index (χ1) is 6.27. The molecule has 1 radical (unpaired) electrons. The minimum absolute atomic E-state index is 0.189. The van der Waals surface area contributed by atoms with E-state index >= 15 is 0 Å². The quantitative estimate of drug-likeness (QED) is 0.631. The van der Waals surface area contributed by atoms with Crippen LogP contribution in [0.4, 0.5) is 4.79 Å². The first-order valence-electron chi connectivity index (χ1n) is 4.71. The van der Waals surface area contributed by atoms with Crippen LogP contribution in [0, 0.1) is 6.92 Å². The van der Waals surface area contributed by atoms with Crippen molar-refractivity contribution < 1.29 is 9.53 Å². The molecule has 1 heterocycles. The number of carbonyl (C=O) groups is 1. The van der Waals surface area contributed by atoms with E-state index in [2.05, 4.69) is 11.8 Å². The summed E-state index contributed by atoms with van der Waals surface area (Å²) in [4.78, 5) is 15.2. The number of hydrogen-bond donors (Lipinski definition) is 0. The molecule has 4 heteroatoms. The van der Waals surface area contributed by atoms with Crippen LogP contribution in [0.2, 0.25) is 0 Å². The predicted molar refractivity (Wildman–Crippen MR) is 50.4 cm³/mol. The minimum atomic E-state index is -0.189. The van der Waals surface area contributed by atoms with E-state index in [1.807, 2.05) is 6.92 Å². The molecule has 0 atom stereocenters. The molecule has 0 N–H and O–H groups in total. The third kappa shape index (κ3) is 2.88. The number of ether oxygens (including phenoxy) is 1. The molecule has 0 spiro atoms. The molecule has 0 aliphatic carbocycles. The van der Waals surface area contributed by atoms with E-state index in [0.29, 0.717) is 6.61 Å². The summed E-state index contributed by atoms with van der Waals surface area (Å²) < 4.78 is 4.90. The van der Waals surface area contributed by atoms with E-state index in [1.165, 1.54) is 0 Å². The molecular formula is C9H17N2O2. The van der Waals surface area contributed by atoms with Gasteiger partial charge in [-0.15, -0.1) is 0 Å². The van der Waals surface area contributed by atoms with Crippen LogP contribution in [-0.2, 0) is 4.74 Å². The van der Waals surface area contributed by atoms with Crippen molar-refractivity contribution in [2.24, 2.45) is 0 Å². The summed E-state index contributed by atoms with van der Waals surface area (Å²) in [5.74, 6) is 0. The summed E-state index contributed by atoms with van der Waals surface area (Å²) in [5.41, 5.74) is 0. The molecule has 1 aliphatic heterocycles. The van der Waals surface area contributed by atoms with Crippen molar-refractivity contribution in [2.45, 2.75) is 6.92 Å². The van der Waals surface area contributed by atoms with Crippen molar-refractivity contribution in [2.75, 3.05) is 39.3 Å². The van der Waals surface area contributed by atoms with Crippen LogP contribution in [0.25, 0.3) is 0 Å². The zero-order chi connectivity index (χ0) is 9.68. The van der Waals surface area contributed by atoms with Crippen molar-refractivity contribution in [1.82, 2.24) is 9.80 Å². The first kappa shape index (κ1) is 10.3. The second-order valence-electron chi connectivity index (χ2n) is 3.03. The molecule has 4 nitrogen and oxygen atoms in total. The first-order valence-corrected chi connectivity index (χ1v) is 4.71. The lowest BCUT2D eigenvalue weighted by atomic mass is 10.3. The van der Waals surface area contributed by atoms with Gasteiger partial charge in [-0.25, -0.2) is 4.79 Å². The average molecular weight is 185 g/mol. The van der Waals surface area contributed by atoms with Gasteiger partial charge in [-0.2, -0.15) is 0 Å². The van der Waals surface area contributed by atoms with Gasteiger partial charge in [0.25, 0.3) is 0 Å². The Morgan fingerprint density at radius 2 is 2.00 bits per heavy atom. The van der Waals surface area contributed by atoms with Gasteiger partial charge >= 0.3 is 6.09 Å². The molecule has 13 heavy (non-hydrogen) atoms. The largest absolute Gasteiger partial charge is 0.450 e. The van der Waals surface area contributed by atoms with Gasteiger partial charge in [0.2, 0.25) is 0 Å². The number of amides is 1. The van der Waals surface area contributed by atoms with E-state index < -0.39 is 0 Å². The van der Waals surface area contributed by atoms with Crippen LogP contribution in [0.1, 0.15) is 6.92 Å². The highest BCUT2D eigenvalue weighted by Crippen LogP contribution is 2.02. The fraction of sp³-hybridized carbons (Fsp3) is 0.778. The minimum Gasteiger partial charge on any atom is -0.450 e. The predicted octanol–water partition coefficient (Wildman–Crippen LogP) is 0.595. The third-order valence-electron chi connectivity index (χ3n) is 2.21. The van der Waals surface area contributed by atoms with Crippen molar-refractivity contribution >= 4 is 6.09 Å². The van der Waals surface area contributed by atoms with Crippen LogP contribution >= 0.6 is 0 Å². The lowest BCUT2D eigenvalue weighted by Crippen LogP contribution is -2.48. The van der Waals surface area contributed by atoms with Crippen molar-refractivity contribution in [1.29, 1.82) is 0 Å². The third-order valence-corrected chi connectivity index (χ3v) is 2.21. The number of rotatable bonds is 2. The Kier molecular flexibility index (Phi) is 4.02. The Hall–Kier alpha value is -0.770. The molecular weight excluding hydrogens is 168 g/mol. The van der Waals surface area contributed by atoms with E-state index in [4.69, 9.17) is 4.74 Å². The number of piperazine rings is 1. The molecule has 0 bridgehead atoms. The molecule has 0 aromatic carbocycles. The monoisotopic (exact) mass is 185 g/mol. The van der Waals surface area contributed by atoms with Gasteiger partial charge < -0.3 is 9.64 Å². The van der Waals surface area contributed by atoms with Crippen LogP contribution < -0.4 is 0 Å². The van der Waals surface area contributed by atoms with Crippen molar-refractivity contribution in [3.05, 3.63) is 6.92 Å². The van der Waals surface area contributed by atoms with Gasteiger partial charge in [-0.3, -0.25) is 4.90 Å². The molecule has 1 fully saturated rings. The summed E-state index contributed by atoms with van der Waals surface area (Å²) in [5, 5.41) is 0. The number of carbonyl (C=O) groups excluding carboxylic acids is 1.